The molecule has 5 aliphatic rings. The molecule has 2 saturated heterocycles. The van der Waals surface area contributed by atoms with E-state index in [2.05, 4.69) is 30.1 Å². The lowest BCUT2D eigenvalue weighted by molar-refractivity contribution is -0.165. The second kappa shape index (κ2) is 7.28. The third-order valence-corrected chi connectivity index (χ3v) is 8.25. The molecule has 6 rings (SSSR count). The molecule has 1 saturated carbocycles. The Kier molecular flexibility index (Phi) is 4.86. The van der Waals surface area contributed by atoms with Crippen molar-refractivity contribution in [3.8, 4) is 5.75 Å². The summed E-state index contributed by atoms with van der Waals surface area (Å²) in [5.41, 5.74) is 3.11. The number of carbonyl (C=O) groups is 1. The summed E-state index contributed by atoms with van der Waals surface area (Å²) in [6.07, 6.45) is 7.32. The number of piperidine rings is 2. The quantitative estimate of drug-likeness (QED) is 0.726. The zero-order valence-electron chi connectivity index (χ0n) is 17.9. The van der Waals surface area contributed by atoms with E-state index in [1.165, 1.54) is 24.0 Å². The highest BCUT2D eigenvalue weighted by molar-refractivity contribution is 5.74. The van der Waals surface area contributed by atoms with Crippen molar-refractivity contribution in [2.24, 2.45) is 11.8 Å². The molecule has 1 spiro atoms. The van der Waals surface area contributed by atoms with Gasteiger partial charge in [0.25, 0.3) is 0 Å². The summed E-state index contributed by atoms with van der Waals surface area (Å²) in [5.74, 6) is 1.45. The SMILES string of the molecule is CCOC(=O)C1CC2C3Cc4ccc5cc4[C@@]2(CCCCC(OC)O5)CC1N3C. The lowest BCUT2D eigenvalue weighted by atomic mass is 9.48. The van der Waals surface area contributed by atoms with Crippen LogP contribution >= 0.6 is 0 Å². The summed E-state index contributed by atoms with van der Waals surface area (Å²) in [6.45, 7) is 2.37. The fourth-order valence-corrected chi connectivity index (χ4v) is 6.95. The summed E-state index contributed by atoms with van der Waals surface area (Å²) >= 11 is 0. The van der Waals surface area contributed by atoms with Crippen molar-refractivity contribution in [1.29, 1.82) is 0 Å². The van der Waals surface area contributed by atoms with E-state index in [0.717, 1.165) is 37.9 Å². The van der Waals surface area contributed by atoms with Gasteiger partial charge in [-0.25, -0.2) is 0 Å². The maximum absolute atomic E-state index is 12.7. The van der Waals surface area contributed by atoms with Crippen LogP contribution in [0.25, 0.3) is 0 Å². The first kappa shape index (κ1) is 19.4. The summed E-state index contributed by atoms with van der Waals surface area (Å²) in [7, 11) is 3.96. The number of nitrogens with zero attached hydrogens (tertiary/aromatic N) is 1. The van der Waals surface area contributed by atoms with Gasteiger partial charge in [0.1, 0.15) is 5.75 Å². The van der Waals surface area contributed by atoms with Crippen molar-refractivity contribution in [2.75, 3.05) is 20.8 Å². The van der Waals surface area contributed by atoms with Crippen LogP contribution in [0.15, 0.2) is 18.2 Å². The van der Waals surface area contributed by atoms with Crippen LogP contribution in [0.4, 0.5) is 0 Å². The zero-order chi connectivity index (χ0) is 20.2. The number of fused-ring (bicyclic) bond motifs is 2. The number of likely N-dealkylation sites (N-methyl/N-ethyl adjacent to an activating group) is 1. The van der Waals surface area contributed by atoms with Crippen molar-refractivity contribution in [1.82, 2.24) is 4.90 Å². The molecule has 5 heteroatoms. The molecule has 29 heavy (non-hydrogen) atoms. The van der Waals surface area contributed by atoms with E-state index in [1.54, 1.807) is 7.11 Å². The summed E-state index contributed by atoms with van der Waals surface area (Å²) in [4.78, 5) is 15.2. The minimum absolute atomic E-state index is 0.00309. The fraction of sp³-hybridized carbons (Fsp3) is 0.708. The Morgan fingerprint density at radius 2 is 2.17 bits per heavy atom. The molecule has 6 bridgehead atoms. The molecule has 2 aliphatic carbocycles. The predicted molar refractivity (Wildman–Crippen MR) is 110 cm³/mol. The molecule has 1 aromatic rings. The largest absolute Gasteiger partial charge is 0.466 e. The normalized spacial score (nSPS) is 38.2. The Balaban J connectivity index is 1.56. The molecule has 3 aliphatic heterocycles. The molecule has 1 aromatic carbocycles. The van der Waals surface area contributed by atoms with Crippen LogP contribution in [0, 0.1) is 11.8 Å². The number of hydrogen-bond acceptors (Lipinski definition) is 5. The van der Waals surface area contributed by atoms with Crippen molar-refractivity contribution in [2.45, 2.75) is 75.7 Å². The number of ether oxygens (including phenoxy) is 3. The monoisotopic (exact) mass is 399 g/mol. The maximum atomic E-state index is 12.7. The molecular formula is C24H33NO4. The van der Waals surface area contributed by atoms with Crippen LogP contribution in [-0.4, -0.2) is 50.0 Å². The van der Waals surface area contributed by atoms with Crippen molar-refractivity contribution in [3.05, 3.63) is 29.3 Å². The lowest BCUT2D eigenvalue weighted by Crippen LogP contribution is -2.69. The standard InChI is InChI=1S/C24H33NO4/c1-4-28-23(26)17-13-19-20-11-15-8-9-16-12-18(15)24(19,14-21(17)25(20)2)10-6-5-7-22(27-3)29-16/h8-9,12,17,19-22H,4-7,10-11,13-14H2,1-3H3/t17?,19?,20?,21?,22?,24-/m1/s1. The van der Waals surface area contributed by atoms with Gasteiger partial charge in [0.15, 0.2) is 6.29 Å². The van der Waals surface area contributed by atoms with E-state index in [-0.39, 0.29) is 29.6 Å². The van der Waals surface area contributed by atoms with E-state index in [4.69, 9.17) is 14.2 Å². The second-order valence-corrected chi connectivity index (χ2v) is 9.41. The van der Waals surface area contributed by atoms with Gasteiger partial charge in [-0.1, -0.05) is 12.5 Å². The van der Waals surface area contributed by atoms with Crippen LogP contribution in [-0.2, 0) is 26.1 Å². The van der Waals surface area contributed by atoms with Gasteiger partial charge in [0.2, 0.25) is 0 Å². The molecule has 0 aromatic heterocycles. The van der Waals surface area contributed by atoms with E-state index >= 15 is 0 Å². The molecule has 0 N–H and O–H groups in total. The van der Waals surface area contributed by atoms with Crippen LogP contribution in [0.5, 0.6) is 5.75 Å². The lowest BCUT2D eigenvalue weighted by Gasteiger charge is -2.65. The van der Waals surface area contributed by atoms with E-state index in [9.17, 15) is 4.79 Å². The summed E-state index contributed by atoms with van der Waals surface area (Å²) in [5, 5.41) is 0. The first-order valence-corrected chi connectivity index (χ1v) is 11.3. The van der Waals surface area contributed by atoms with E-state index in [0.29, 0.717) is 18.6 Å². The molecule has 5 nitrogen and oxygen atoms in total. The number of rotatable bonds is 3. The highest BCUT2D eigenvalue weighted by Crippen LogP contribution is 2.60. The number of hydrogen-bond donors (Lipinski definition) is 0. The molecule has 6 atom stereocenters. The summed E-state index contributed by atoms with van der Waals surface area (Å²) < 4.78 is 17.2. The Morgan fingerprint density at radius 3 is 2.97 bits per heavy atom. The number of carbonyl (C=O) groups excluding carboxylic acids is 1. The Morgan fingerprint density at radius 1 is 1.31 bits per heavy atom. The summed E-state index contributed by atoms with van der Waals surface area (Å²) in [6, 6.07) is 7.48. The van der Waals surface area contributed by atoms with Gasteiger partial charge >= 0.3 is 5.97 Å². The highest BCUT2D eigenvalue weighted by atomic mass is 16.7. The van der Waals surface area contributed by atoms with Crippen molar-refractivity contribution in [3.63, 3.8) is 0 Å². The molecule has 3 heterocycles. The Labute approximate surface area is 173 Å². The average Bonchev–Trinajstić information content (AvgIpc) is 2.73. The molecular weight excluding hydrogens is 366 g/mol. The van der Waals surface area contributed by atoms with Crippen molar-refractivity contribution >= 4 is 5.97 Å². The molecule has 0 amide bonds. The van der Waals surface area contributed by atoms with Crippen LogP contribution < -0.4 is 4.74 Å². The van der Waals surface area contributed by atoms with E-state index in [1.807, 2.05) is 6.92 Å². The second-order valence-electron chi connectivity index (χ2n) is 9.41. The van der Waals surface area contributed by atoms with Gasteiger partial charge < -0.3 is 14.2 Å². The Bertz CT molecular complexity index is 795. The average molecular weight is 400 g/mol. The number of benzene rings is 1. The molecule has 158 valence electrons. The van der Waals surface area contributed by atoms with Crippen molar-refractivity contribution < 1.29 is 19.0 Å². The smallest absolute Gasteiger partial charge is 0.310 e. The van der Waals surface area contributed by atoms with Gasteiger partial charge in [-0.15, -0.1) is 0 Å². The highest BCUT2D eigenvalue weighted by Gasteiger charge is 2.61. The van der Waals surface area contributed by atoms with Gasteiger partial charge in [0, 0.05) is 31.0 Å². The minimum Gasteiger partial charge on any atom is -0.466 e. The molecule has 0 radical (unpaired) electrons. The fourth-order valence-electron chi connectivity index (χ4n) is 6.95. The molecule has 3 fully saturated rings. The number of methoxy groups -OCH3 is 1. The van der Waals surface area contributed by atoms with Gasteiger partial charge in [-0.05, 0) is 75.3 Å². The van der Waals surface area contributed by atoms with Gasteiger partial charge in [-0.2, -0.15) is 0 Å². The minimum atomic E-state index is -0.166. The maximum Gasteiger partial charge on any atom is 0.310 e. The topological polar surface area (TPSA) is 48.0 Å². The van der Waals surface area contributed by atoms with Crippen LogP contribution in [0.1, 0.15) is 56.6 Å². The third kappa shape index (κ3) is 2.92. The van der Waals surface area contributed by atoms with Gasteiger partial charge in [0.05, 0.1) is 12.5 Å². The van der Waals surface area contributed by atoms with E-state index < -0.39 is 0 Å². The van der Waals surface area contributed by atoms with Gasteiger partial charge in [-0.3, -0.25) is 9.69 Å². The zero-order valence-corrected chi connectivity index (χ0v) is 17.9. The third-order valence-electron chi connectivity index (χ3n) is 8.25. The van der Waals surface area contributed by atoms with Crippen LogP contribution in [0.3, 0.4) is 0 Å². The number of esters is 1. The first-order valence-electron chi connectivity index (χ1n) is 11.3. The predicted octanol–water partition coefficient (Wildman–Crippen LogP) is 3.68. The Hall–Kier alpha value is -1.59. The molecule has 5 unspecified atom stereocenters. The first-order chi connectivity index (χ1) is 14.1. The van der Waals surface area contributed by atoms with Crippen LogP contribution in [0.2, 0.25) is 0 Å².